The molecule has 1 atom stereocenters. The van der Waals surface area contributed by atoms with E-state index in [1.165, 1.54) is 22.5 Å². The van der Waals surface area contributed by atoms with E-state index >= 15 is 0 Å². The highest BCUT2D eigenvalue weighted by molar-refractivity contribution is 5.76. The van der Waals surface area contributed by atoms with Crippen molar-refractivity contribution >= 4 is 11.0 Å². The number of hydrogen-bond acceptors (Lipinski definition) is 4. The van der Waals surface area contributed by atoms with Crippen LogP contribution in [0.5, 0.6) is 5.75 Å². The molecular formula is C26H36N4O. The largest absolute Gasteiger partial charge is 0.493 e. The zero-order valence-electron chi connectivity index (χ0n) is 19.5. The molecule has 0 N–H and O–H groups in total. The zero-order valence-corrected chi connectivity index (χ0v) is 19.5. The Bertz CT molecular complexity index is 1000. The summed E-state index contributed by atoms with van der Waals surface area (Å²) >= 11 is 0. The Balaban J connectivity index is 1.41. The molecule has 1 unspecified atom stereocenters. The summed E-state index contributed by atoms with van der Waals surface area (Å²) in [4.78, 5) is 10.0. The first-order valence-corrected chi connectivity index (χ1v) is 11.6. The number of benzene rings is 2. The monoisotopic (exact) mass is 420 g/mol. The second kappa shape index (κ2) is 9.84. The zero-order chi connectivity index (χ0) is 21.8. The van der Waals surface area contributed by atoms with Gasteiger partial charge in [0.2, 0.25) is 0 Å². The Morgan fingerprint density at radius 1 is 0.968 bits per heavy atom. The molecule has 2 aromatic carbocycles. The fourth-order valence-corrected chi connectivity index (χ4v) is 4.46. The molecule has 4 rings (SSSR count). The van der Waals surface area contributed by atoms with Crippen LogP contribution in [0.4, 0.5) is 0 Å². The van der Waals surface area contributed by atoms with E-state index in [0.717, 1.165) is 63.4 Å². The lowest BCUT2D eigenvalue weighted by Gasteiger charge is -2.36. The van der Waals surface area contributed by atoms with Gasteiger partial charge in [-0.2, -0.15) is 0 Å². The summed E-state index contributed by atoms with van der Waals surface area (Å²) in [6, 6.07) is 15.1. The third kappa shape index (κ3) is 4.94. The van der Waals surface area contributed by atoms with Crippen molar-refractivity contribution < 1.29 is 4.74 Å². The predicted octanol–water partition coefficient (Wildman–Crippen LogP) is 4.82. The van der Waals surface area contributed by atoms with Gasteiger partial charge >= 0.3 is 0 Å². The highest BCUT2D eigenvalue weighted by Crippen LogP contribution is 2.26. The lowest BCUT2D eigenvalue weighted by Crippen LogP contribution is -2.45. The summed E-state index contributed by atoms with van der Waals surface area (Å²) in [5, 5.41) is 0. The van der Waals surface area contributed by atoms with E-state index in [4.69, 9.17) is 9.72 Å². The van der Waals surface area contributed by atoms with Crippen molar-refractivity contribution in [3.8, 4) is 5.75 Å². The van der Waals surface area contributed by atoms with Crippen LogP contribution in [0.15, 0.2) is 42.5 Å². The number of para-hydroxylation sites is 2. The van der Waals surface area contributed by atoms with E-state index in [0.29, 0.717) is 6.04 Å². The number of hydrogen-bond donors (Lipinski definition) is 0. The fraction of sp³-hybridized carbons (Fsp3) is 0.500. The number of fused-ring (bicyclic) bond motifs is 1. The van der Waals surface area contributed by atoms with Gasteiger partial charge < -0.3 is 14.2 Å². The van der Waals surface area contributed by atoms with Crippen LogP contribution in [0.3, 0.4) is 0 Å². The van der Waals surface area contributed by atoms with Crippen molar-refractivity contribution in [3.63, 3.8) is 0 Å². The predicted molar refractivity (Wildman–Crippen MR) is 128 cm³/mol. The lowest BCUT2D eigenvalue weighted by molar-refractivity contribution is 0.113. The van der Waals surface area contributed by atoms with Crippen LogP contribution in [0.2, 0.25) is 0 Å². The van der Waals surface area contributed by atoms with Gasteiger partial charge in [-0.1, -0.05) is 24.3 Å². The van der Waals surface area contributed by atoms with Gasteiger partial charge in [0.15, 0.2) is 0 Å². The first kappa shape index (κ1) is 21.8. The average Bonchev–Trinajstić information content (AvgIpc) is 3.15. The van der Waals surface area contributed by atoms with Gasteiger partial charge in [-0.25, -0.2) is 4.98 Å². The van der Waals surface area contributed by atoms with E-state index in [-0.39, 0.29) is 0 Å². The Morgan fingerprint density at radius 2 is 1.74 bits per heavy atom. The maximum Gasteiger partial charge on any atom is 0.127 e. The number of unbranched alkanes of at least 4 members (excludes halogenated alkanes) is 1. The summed E-state index contributed by atoms with van der Waals surface area (Å²) in [6.07, 6.45) is 2.11. The number of likely N-dealkylation sites (N-methyl/N-ethyl adjacent to an activating group) is 1. The maximum atomic E-state index is 6.07. The van der Waals surface area contributed by atoms with Crippen LogP contribution >= 0.6 is 0 Å². The van der Waals surface area contributed by atoms with Gasteiger partial charge in [0, 0.05) is 32.7 Å². The van der Waals surface area contributed by atoms with Gasteiger partial charge in [-0.3, -0.25) is 4.90 Å². The summed E-state index contributed by atoms with van der Waals surface area (Å²) in [5.41, 5.74) is 4.87. The quantitative estimate of drug-likeness (QED) is 0.489. The molecule has 31 heavy (non-hydrogen) atoms. The number of piperazine rings is 1. The Kier molecular flexibility index (Phi) is 6.93. The molecule has 5 nitrogen and oxygen atoms in total. The number of ether oxygens (including phenoxy) is 1. The molecule has 3 aromatic rings. The number of aromatic nitrogens is 2. The van der Waals surface area contributed by atoms with E-state index in [2.05, 4.69) is 84.7 Å². The third-order valence-electron chi connectivity index (χ3n) is 6.73. The number of nitrogens with zero attached hydrogens (tertiary/aromatic N) is 4. The molecule has 166 valence electrons. The smallest absolute Gasteiger partial charge is 0.127 e. The van der Waals surface area contributed by atoms with Crippen molar-refractivity contribution in [1.29, 1.82) is 0 Å². The molecule has 5 heteroatoms. The minimum absolute atomic E-state index is 0.326. The van der Waals surface area contributed by atoms with Crippen LogP contribution in [0.25, 0.3) is 11.0 Å². The average molecular weight is 421 g/mol. The van der Waals surface area contributed by atoms with Gasteiger partial charge in [0.05, 0.1) is 23.7 Å². The Morgan fingerprint density at radius 3 is 2.55 bits per heavy atom. The normalized spacial score (nSPS) is 16.6. The van der Waals surface area contributed by atoms with E-state index in [1.807, 2.05) is 0 Å². The highest BCUT2D eigenvalue weighted by atomic mass is 16.5. The molecule has 1 saturated heterocycles. The first-order valence-electron chi connectivity index (χ1n) is 11.6. The first-order chi connectivity index (χ1) is 15.0. The van der Waals surface area contributed by atoms with Crippen LogP contribution in [-0.2, 0) is 6.54 Å². The van der Waals surface area contributed by atoms with Gasteiger partial charge in [0.25, 0.3) is 0 Å². The van der Waals surface area contributed by atoms with Crippen molar-refractivity contribution in [2.75, 3.05) is 39.8 Å². The number of rotatable bonds is 8. The maximum absolute atomic E-state index is 6.07. The van der Waals surface area contributed by atoms with Crippen LogP contribution < -0.4 is 4.74 Å². The summed E-state index contributed by atoms with van der Waals surface area (Å²) in [7, 11) is 2.21. The lowest BCUT2D eigenvalue weighted by atomic mass is 10.1. The molecule has 0 aliphatic carbocycles. The molecule has 1 aliphatic heterocycles. The van der Waals surface area contributed by atoms with Crippen molar-refractivity contribution in [2.45, 2.75) is 46.2 Å². The van der Waals surface area contributed by atoms with Gasteiger partial charge in [-0.05, 0) is 70.0 Å². The molecule has 1 fully saturated rings. The second-order valence-electron chi connectivity index (χ2n) is 8.88. The van der Waals surface area contributed by atoms with E-state index in [9.17, 15) is 0 Å². The number of imidazole rings is 1. The molecule has 0 spiro atoms. The highest BCUT2D eigenvalue weighted by Gasteiger charge is 2.24. The molecule has 0 amide bonds. The second-order valence-corrected chi connectivity index (χ2v) is 8.88. The molecule has 0 bridgehead atoms. The van der Waals surface area contributed by atoms with Gasteiger partial charge in [0.1, 0.15) is 11.6 Å². The van der Waals surface area contributed by atoms with Crippen molar-refractivity contribution in [3.05, 3.63) is 59.4 Å². The van der Waals surface area contributed by atoms with Crippen LogP contribution in [-0.4, -0.2) is 59.2 Å². The van der Waals surface area contributed by atoms with Crippen molar-refractivity contribution in [2.24, 2.45) is 0 Å². The van der Waals surface area contributed by atoms with Crippen molar-refractivity contribution in [1.82, 2.24) is 19.4 Å². The molecule has 1 aromatic heterocycles. The van der Waals surface area contributed by atoms with E-state index in [1.54, 1.807) is 0 Å². The summed E-state index contributed by atoms with van der Waals surface area (Å²) in [6.45, 7) is 12.8. The summed E-state index contributed by atoms with van der Waals surface area (Å²) in [5.74, 6) is 2.21. The van der Waals surface area contributed by atoms with Gasteiger partial charge in [-0.15, -0.1) is 0 Å². The van der Waals surface area contributed by atoms with Crippen LogP contribution in [0.1, 0.15) is 42.8 Å². The van der Waals surface area contributed by atoms with E-state index < -0.39 is 0 Å². The Hall–Kier alpha value is -2.37. The molecule has 1 aliphatic rings. The topological polar surface area (TPSA) is 33.5 Å². The fourth-order valence-electron chi connectivity index (χ4n) is 4.46. The summed E-state index contributed by atoms with van der Waals surface area (Å²) < 4.78 is 8.51. The standard InChI is InChI=1S/C26H36N4O/c1-20-10-9-13-25(21(20)2)31-19-8-7-14-30-24-12-6-5-11-23(24)27-26(30)22(3)29-17-15-28(4)16-18-29/h5-6,9-13,22H,7-8,14-19H2,1-4H3. The molecule has 0 radical (unpaired) electrons. The number of aryl methyl sites for hydroxylation is 2. The third-order valence-corrected chi connectivity index (χ3v) is 6.73. The Labute approximate surface area is 186 Å². The molecular weight excluding hydrogens is 384 g/mol. The SMILES string of the molecule is Cc1cccc(OCCCCn2c(C(C)N3CCN(C)CC3)nc3ccccc32)c1C. The minimum atomic E-state index is 0.326. The molecule has 2 heterocycles. The minimum Gasteiger partial charge on any atom is -0.493 e. The molecule has 0 saturated carbocycles. The van der Waals surface area contributed by atoms with Crippen LogP contribution in [0, 0.1) is 13.8 Å².